The van der Waals surface area contributed by atoms with Crippen LogP contribution in [0.25, 0.3) is 5.57 Å². The van der Waals surface area contributed by atoms with Crippen LogP contribution in [0.1, 0.15) is 12.5 Å². The van der Waals surface area contributed by atoms with E-state index >= 15 is 0 Å². The number of hydrogen-bond donors (Lipinski definition) is 0. The molecule has 0 atom stereocenters. The fourth-order valence-corrected chi connectivity index (χ4v) is 2.56. The first-order valence-electron chi connectivity index (χ1n) is 4.87. The SMILES string of the molecule is C=C[Si](C)(C)c1ccc(C(=C)C)cc1. The van der Waals surface area contributed by atoms with Crippen LogP contribution in [0.3, 0.4) is 0 Å². The van der Waals surface area contributed by atoms with Gasteiger partial charge in [-0.25, -0.2) is 0 Å². The molecule has 0 radical (unpaired) electrons. The van der Waals surface area contributed by atoms with E-state index in [1.165, 1.54) is 10.8 Å². The molecular formula is C13H18Si. The highest BCUT2D eigenvalue weighted by Gasteiger charge is 2.18. The Morgan fingerprint density at radius 2 is 1.71 bits per heavy atom. The van der Waals surface area contributed by atoms with Crippen LogP contribution in [0.5, 0.6) is 0 Å². The van der Waals surface area contributed by atoms with Crippen LogP contribution in [0, 0.1) is 0 Å². The lowest BCUT2D eigenvalue weighted by Crippen LogP contribution is -2.39. The summed E-state index contributed by atoms with van der Waals surface area (Å²) in [6.45, 7) is 14.5. The normalized spacial score (nSPS) is 11.1. The van der Waals surface area contributed by atoms with Gasteiger partial charge in [-0.15, -0.1) is 6.58 Å². The summed E-state index contributed by atoms with van der Waals surface area (Å²) in [4.78, 5) is 0. The van der Waals surface area contributed by atoms with Crippen molar-refractivity contribution in [1.82, 2.24) is 0 Å². The Hall–Kier alpha value is -1.08. The van der Waals surface area contributed by atoms with Crippen LogP contribution in [0.15, 0.2) is 43.1 Å². The molecular weight excluding hydrogens is 184 g/mol. The standard InChI is InChI=1S/C13H18Si/c1-6-14(4,5)13-9-7-12(8-10-13)11(2)3/h6-10H,1-2H2,3-5H3. The molecule has 0 fully saturated rings. The first kappa shape index (κ1) is 11.0. The molecule has 0 saturated carbocycles. The average Bonchev–Trinajstić information content (AvgIpc) is 2.18. The van der Waals surface area contributed by atoms with Gasteiger partial charge in [-0.05, 0) is 12.5 Å². The van der Waals surface area contributed by atoms with Crippen LogP contribution in [0.4, 0.5) is 0 Å². The second-order valence-corrected chi connectivity index (χ2v) is 8.71. The molecule has 0 unspecified atom stereocenters. The maximum Gasteiger partial charge on any atom is 0.103 e. The van der Waals surface area contributed by atoms with Crippen molar-refractivity contribution in [1.29, 1.82) is 0 Å². The second-order valence-electron chi connectivity index (χ2n) is 4.28. The van der Waals surface area contributed by atoms with Crippen molar-refractivity contribution in [2.24, 2.45) is 0 Å². The van der Waals surface area contributed by atoms with Gasteiger partial charge < -0.3 is 0 Å². The van der Waals surface area contributed by atoms with E-state index < -0.39 is 8.07 Å². The maximum absolute atomic E-state index is 3.93. The maximum atomic E-state index is 3.93. The lowest BCUT2D eigenvalue weighted by atomic mass is 10.1. The Balaban J connectivity index is 3.05. The second kappa shape index (κ2) is 3.97. The molecule has 0 saturated heterocycles. The van der Waals surface area contributed by atoms with Crippen LogP contribution in [0.2, 0.25) is 13.1 Å². The Morgan fingerprint density at radius 3 is 2.07 bits per heavy atom. The van der Waals surface area contributed by atoms with E-state index in [0.717, 1.165) is 5.57 Å². The van der Waals surface area contributed by atoms with Gasteiger partial charge in [-0.2, -0.15) is 0 Å². The molecule has 0 aliphatic carbocycles. The molecule has 0 heterocycles. The van der Waals surface area contributed by atoms with Gasteiger partial charge in [0.1, 0.15) is 8.07 Å². The van der Waals surface area contributed by atoms with Crippen LogP contribution >= 0.6 is 0 Å². The van der Waals surface area contributed by atoms with E-state index in [-0.39, 0.29) is 0 Å². The van der Waals surface area contributed by atoms with Gasteiger partial charge in [-0.1, -0.05) is 60.4 Å². The molecule has 14 heavy (non-hydrogen) atoms. The third kappa shape index (κ3) is 2.24. The molecule has 0 aliphatic rings. The zero-order chi connectivity index (χ0) is 10.8. The predicted molar refractivity (Wildman–Crippen MR) is 68.5 cm³/mol. The van der Waals surface area contributed by atoms with Crippen molar-refractivity contribution in [3.63, 3.8) is 0 Å². The summed E-state index contributed by atoms with van der Waals surface area (Å²) in [6.07, 6.45) is 0. The molecule has 0 spiro atoms. The lowest BCUT2D eigenvalue weighted by molar-refractivity contribution is 1.59. The zero-order valence-corrected chi connectivity index (χ0v) is 10.3. The highest BCUT2D eigenvalue weighted by molar-refractivity contribution is 6.93. The summed E-state index contributed by atoms with van der Waals surface area (Å²) in [5.74, 6) is 0. The molecule has 0 N–H and O–H groups in total. The first-order chi connectivity index (χ1) is 6.47. The molecule has 0 bridgehead atoms. The minimum Gasteiger partial charge on any atom is -0.107 e. The zero-order valence-electron chi connectivity index (χ0n) is 9.30. The van der Waals surface area contributed by atoms with Gasteiger partial charge in [0.25, 0.3) is 0 Å². The van der Waals surface area contributed by atoms with Crippen molar-refractivity contribution < 1.29 is 0 Å². The molecule has 74 valence electrons. The van der Waals surface area contributed by atoms with Crippen molar-refractivity contribution in [2.45, 2.75) is 20.0 Å². The topological polar surface area (TPSA) is 0 Å². The van der Waals surface area contributed by atoms with E-state index in [9.17, 15) is 0 Å². The van der Waals surface area contributed by atoms with E-state index in [1.54, 1.807) is 0 Å². The van der Waals surface area contributed by atoms with Gasteiger partial charge in [0.15, 0.2) is 0 Å². The molecule has 0 amide bonds. The lowest BCUT2D eigenvalue weighted by Gasteiger charge is -2.18. The highest BCUT2D eigenvalue weighted by atomic mass is 28.3. The molecule has 1 aromatic rings. The first-order valence-corrected chi connectivity index (χ1v) is 7.95. The number of allylic oxidation sites excluding steroid dienone is 1. The molecule has 1 rings (SSSR count). The third-order valence-electron chi connectivity index (χ3n) is 2.63. The monoisotopic (exact) mass is 202 g/mol. The summed E-state index contributed by atoms with van der Waals surface area (Å²) in [5.41, 5.74) is 4.46. The van der Waals surface area contributed by atoms with Crippen molar-refractivity contribution >= 4 is 18.8 Å². The van der Waals surface area contributed by atoms with Gasteiger partial charge in [0.2, 0.25) is 0 Å². The Morgan fingerprint density at radius 1 is 1.21 bits per heavy atom. The molecule has 1 aromatic carbocycles. The van der Waals surface area contributed by atoms with E-state index in [1.807, 2.05) is 6.92 Å². The predicted octanol–water partition coefficient (Wildman–Crippen LogP) is 3.36. The molecule has 1 heteroatoms. The van der Waals surface area contributed by atoms with Gasteiger partial charge in [0.05, 0.1) is 0 Å². The number of rotatable bonds is 3. The largest absolute Gasteiger partial charge is 0.107 e. The summed E-state index contributed by atoms with van der Waals surface area (Å²) >= 11 is 0. The third-order valence-corrected chi connectivity index (χ3v) is 5.47. The Bertz CT molecular complexity index is 344. The number of benzene rings is 1. The van der Waals surface area contributed by atoms with Crippen LogP contribution in [-0.2, 0) is 0 Å². The van der Waals surface area contributed by atoms with E-state index in [0.29, 0.717) is 0 Å². The smallest absolute Gasteiger partial charge is 0.103 e. The highest BCUT2D eigenvalue weighted by Crippen LogP contribution is 2.11. The molecule has 0 aromatic heterocycles. The Labute approximate surface area is 88.0 Å². The summed E-state index contributed by atoms with van der Waals surface area (Å²) in [6, 6.07) is 8.71. The fraction of sp³-hybridized carbons (Fsp3) is 0.231. The number of hydrogen-bond acceptors (Lipinski definition) is 0. The van der Waals surface area contributed by atoms with Gasteiger partial charge in [0, 0.05) is 0 Å². The van der Waals surface area contributed by atoms with Crippen molar-refractivity contribution in [2.75, 3.05) is 0 Å². The fourth-order valence-electron chi connectivity index (χ4n) is 1.30. The average molecular weight is 202 g/mol. The Kier molecular flexibility index (Phi) is 3.12. The summed E-state index contributed by atoms with van der Waals surface area (Å²) in [5, 5.41) is 1.43. The molecule has 0 aliphatic heterocycles. The van der Waals surface area contributed by atoms with Crippen LogP contribution < -0.4 is 5.19 Å². The minimum atomic E-state index is -1.38. The summed E-state index contributed by atoms with van der Waals surface area (Å²) in [7, 11) is -1.38. The van der Waals surface area contributed by atoms with Crippen molar-refractivity contribution in [3.05, 3.63) is 48.7 Å². The van der Waals surface area contributed by atoms with Gasteiger partial charge >= 0.3 is 0 Å². The van der Waals surface area contributed by atoms with E-state index in [4.69, 9.17) is 0 Å². The molecule has 0 nitrogen and oxygen atoms in total. The van der Waals surface area contributed by atoms with Gasteiger partial charge in [-0.3, -0.25) is 0 Å². The minimum absolute atomic E-state index is 1.12. The quantitative estimate of drug-likeness (QED) is 0.659. The summed E-state index contributed by atoms with van der Waals surface area (Å²) < 4.78 is 0. The van der Waals surface area contributed by atoms with Crippen LogP contribution in [-0.4, -0.2) is 8.07 Å². The van der Waals surface area contributed by atoms with E-state index in [2.05, 4.69) is 56.2 Å². The van der Waals surface area contributed by atoms with Crippen molar-refractivity contribution in [3.8, 4) is 0 Å².